The molecule has 4 rings (SSSR count). The topological polar surface area (TPSA) is 38.2 Å². The molecule has 0 N–H and O–H groups in total. The molecular formula is C19H18FN3O. The van der Waals surface area contributed by atoms with E-state index in [1.54, 1.807) is 24.5 Å². The summed E-state index contributed by atoms with van der Waals surface area (Å²) < 4.78 is 19.7. The van der Waals surface area contributed by atoms with E-state index in [0.29, 0.717) is 0 Å². The monoisotopic (exact) mass is 323 g/mol. The van der Waals surface area contributed by atoms with Gasteiger partial charge in [-0.2, -0.15) is 0 Å². The first-order valence-corrected chi connectivity index (χ1v) is 8.07. The smallest absolute Gasteiger partial charge is 0.124 e. The van der Waals surface area contributed by atoms with E-state index < -0.39 is 0 Å². The van der Waals surface area contributed by atoms with Gasteiger partial charge in [0.2, 0.25) is 0 Å². The molecular weight excluding hydrogens is 305 g/mol. The van der Waals surface area contributed by atoms with Crippen molar-refractivity contribution < 1.29 is 9.13 Å². The number of aryl methyl sites for hydroxylation is 1. The van der Waals surface area contributed by atoms with Crippen LogP contribution < -0.4 is 9.64 Å². The Kier molecular flexibility index (Phi) is 3.76. The molecule has 3 heterocycles. The Morgan fingerprint density at radius 3 is 2.83 bits per heavy atom. The lowest BCUT2D eigenvalue weighted by molar-refractivity contribution is 0.225. The van der Waals surface area contributed by atoms with Crippen LogP contribution in [0.15, 0.2) is 48.8 Å². The molecule has 1 aromatic carbocycles. The first-order valence-electron chi connectivity index (χ1n) is 8.07. The highest BCUT2D eigenvalue weighted by Gasteiger charge is 2.25. The van der Waals surface area contributed by atoms with Crippen molar-refractivity contribution >= 4 is 16.6 Å². The van der Waals surface area contributed by atoms with Gasteiger partial charge in [0.25, 0.3) is 0 Å². The van der Waals surface area contributed by atoms with Crippen molar-refractivity contribution in [2.45, 2.75) is 19.4 Å². The lowest BCUT2D eigenvalue weighted by atomic mass is 10.1. The average Bonchev–Trinajstić information content (AvgIpc) is 3.04. The highest BCUT2D eigenvalue weighted by molar-refractivity contribution is 5.92. The van der Waals surface area contributed by atoms with Crippen molar-refractivity contribution in [2.75, 3.05) is 18.0 Å². The van der Waals surface area contributed by atoms with Gasteiger partial charge in [0, 0.05) is 42.1 Å². The Labute approximate surface area is 139 Å². The fraction of sp³-hybridized carbons (Fsp3) is 0.263. The highest BCUT2D eigenvalue weighted by atomic mass is 19.1. The Bertz CT molecular complexity index is 869. The normalized spacial score (nSPS) is 17.4. The predicted octanol–water partition coefficient (Wildman–Crippen LogP) is 3.74. The molecule has 0 spiro atoms. The number of hydrogen-bond acceptors (Lipinski definition) is 4. The molecule has 1 saturated heterocycles. The molecule has 24 heavy (non-hydrogen) atoms. The quantitative estimate of drug-likeness (QED) is 0.736. The minimum atomic E-state index is -0.238. The molecule has 1 atom stereocenters. The number of aromatic nitrogens is 2. The van der Waals surface area contributed by atoms with Crippen molar-refractivity contribution in [2.24, 2.45) is 0 Å². The van der Waals surface area contributed by atoms with Crippen molar-refractivity contribution in [1.29, 1.82) is 0 Å². The van der Waals surface area contributed by atoms with E-state index >= 15 is 0 Å². The molecule has 5 heteroatoms. The van der Waals surface area contributed by atoms with Gasteiger partial charge >= 0.3 is 0 Å². The Balaban J connectivity index is 1.61. The van der Waals surface area contributed by atoms with Gasteiger partial charge in [-0.1, -0.05) is 0 Å². The second-order valence-electron chi connectivity index (χ2n) is 6.10. The standard InChI is InChI=1S/C19H18FN3O/c1-13-10-19(17-11-14(20)2-3-18(17)22-13)23-9-6-16(12-23)24-15-4-7-21-8-5-15/h2-5,7-8,10-11,16H,6,9,12H2,1H3. The first-order chi connectivity index (χ1) is 11.7. The summed E-state index contributed by atoms with van der Waals surface area (Å²) in [5.41, 5.74) is 2.78. The van der Waals surface area contributed by atoms with Crippen LogP contribution in [0, 0.1) is 12.7 Å². The van der Waals surface area contributed by atoms with Crippen LogP contribution in [0.3, 0.4) is 0 Å². The lowest BCUT2D eigenvalue weighted by Gasteiger charge is -2.21. The summed E-state index contributed by atoms with van der Waals surface area (Å²) in [7, 11) is 0. The Morgan fingerprint density at radius 2 is 2.00 bits per heavy atom. The van der Waals surface area contributed by atoms with Crippen LogP contribution in [-0.2, 0) is 0 Å². The zero-order chi connectivity index (χ0) is 16.5. The summed E-state index contributed by atoms with van der Waals surface area (Å²) in [4.78, 5) is 10.8. The third-order valence-corrected chi connectivity index (χ3v) is 4.32. The van der Waals surface area contributed by atoms with Crippen LogP contribution in [0.5, 0.6) is 5.75 Å². The van der Waals surface area contributed by atoms with Crippen molar-refractivity contribution in [3.63, 3.8) is 0 Å². The number of fused-ring (bicyclic) bond motifs is 1. The molecule has 1 aliphatic heterocycles. The number of nitrogens with zero attached hydrogens (tertiary/aromatic N) is 3. The van der Waals surface area contributed by atoms with Crippen LogP contribution in [0.2, 0.25) is 0 Å². The van der Waals surface area contributed by atoms with Crippen LogP contribution in [0.1, 0.15) is 12.1 Å². The summed E-state index contributed by atoms with van der Waals surface area (Å²) in [6, 6.07) is 10.5. The van der Waals surface area contributed by atoms with Gasteiger partial charge in [-0.05, 0) is 43.3 Å². The van der Waals surface area contributed by atoms with E-state index in [1.807, 2.05) is 25.1 Å². The molecule has 4 nitrogen and oxygen atoms in total. The van der Waals surface area contributed by atoms with Crippen molar-refractivity contribution in [1.82, 2.24) is 9.97 Å². The van der Waals surface area contributed by atoms with E-state index in [0.717, 1.165) is 47.5 Å². The number of pyridine rings is 2. The molecule has 0 amide bonds. The van der Waals surface area contributed by atoms with Gasteiger partial charge in [-0.25, -0.2) is 4.39 Å². The second-order valence-corrected chi connectivity index (χ2v) is 6.10. The van der Waals surface area contributed by atoms with Gasteiger partial charge in [-0.3, -0.25) is 9.97 Å². The molecule has 0 saturated carbocycles. The van der Waals surface area contributed by atoms with E-state index in [4.69, 9.17) is 4.74 Å². The van der Waals surface area contributed by atoms with E-state index in [9.17, 15) is 4.39 Å². The maximum atomic E-state index is 13.7. The van der Waals surface area contributed by atoms with Gasteiger partial charge in [-0.15, -0.1) is 0 Å². The molecule has 1 fully saturated rings. The summed E-state index contributed by atoms with van der Waals surface area (Å²) in [6.45, 7) is 3.62. The van der Waals surface area contributed by atoms with Crippen molar-refractivity contribution in [3.8, 4) is 5.75 Å². The molecule has 1 unspecified atom stereocenters. The molecule has 0 bridgehead atoms. The van der Waals surface area contributed by atoms with E-state index in [1.165, 1.54) is 6.07 Å². The number of ether oxygens (including phenoxy) is 1. The van der Waals surface area contributed by atoms with Crippen LogP contribution in [0.4, 0.5) is 10.1 Å². The SMILES string of the molecule is Cc1cc(N2CCC(Oc3ccncc3)C2)c2cc(F)ccc2n1. The maximum absolute atomic E-state index is 13.7. The molecule has 2 aromatic heterocycles. The van der Waals surface area contributed by atoms with Crippen LogP contribution in [0.25, 0.3) is 10.9 Å². The maximum Gasteiger partial charge on any atom is 0.124 e. The molecule has 0 aliphatic carbocycles. The summed E-state index contributed by atoms with van der Waals surface area (Å²) in [5, 5.41) is 0.852. The largest absolute Gasteiger partial charge is 0.488 e. The summed E-state index contributed by atoms with van der Waals surface area (Å²) >= 11 is 0. The summed E-state index contributed by atoms with van der Waals surface area (Å²) in [6.07, 6.45) is 4.50. The number of halogens is 1. The highest BCUT2D eigenvalue weighted by Crippen LogP contribution is 2.31. The lowest BCUT2D eigenvalue weighted by Crippen LogP contribution is -2.24. The minimum Gasteiger partial charge on any atom is -0.488 e. The van der Waals surface area contributed by atoms with Crippen LogP contribution in [-0.4, -0.2) is 29.2 Å². The molecule has 1 aliphatic rings. The number of anilines is 1. The fourth-order valence-corrected chi connectivity index (χ4v) is 3.22. The van der Waals surface area contributed by atoms with Gasteiger partial charge in [0.1, 0.15) is 17.7 Å². The zero-order valence-electron chi connectivity index (χ0n) is 13.4. The Morgan fingerprint density at radius 1 is 1.17 bits per heavy atom. The average molecular weight is 323 g/mol. The molecule has 0 radical (unpaired) electrons. The van der Waals surface area contributed by atoms with E-state index in [2.05, 4.69) is 14.9 Å². The zero-order valence-corrected chi connectivity index (χ0v) is 13.4. The Hall–Kier alpha value is -2.69. The van der Waals surface area contributed by atoms with Gasteiger partial charge in [0.05, 0.1) is 12.1 Å². The van der Waals surface area contributed by atoms with Gasteiger partial charge in [0.15, 0.2) is 0 Å². The first kappa shape index (κ1) is 14.9. The van der Waals surface area contributed by atoms with Crippen LogP contribution >= 0.6 is 0 Å². The fourth-order valence-electron chi connectivity index (χ4n) is 3.22. The third kappa shape index (κ3) is 2.89. The third-order valence-electron chi connectivity index (χ3n) is 4.32. The summed E-state index contributed by atoms with van der Waals surface area (Å²) in [5.74, 6) is 0.594. The number of rotatable bonds is 3. The predicted molar refractivity (Wildman–Crippen MR) is 91.9 cm³/mol. The number of hydrogen-bond donors (Lipinski definition) is 0. The molecule has 122 valence electrons. The minimum absolute atomic E-state index is 0.115. The molecule has 3 aromatic rings. The second kappa shape index (κ2) is 6.07. The van der Waals surface area contributed by atoms with Gasteiger partial charge < -0.3 is 9.64 Å². The van der Waals surface area contributed by atoms with Crippen molar-refractivity contribution in [3.05, 3.63) is 60.3 Å². The number of benzene rings is 1. The van der Waals surface area contributed by atoms with E-state index in [-0.39, 0.29) is 11.9 Å².